The minimum absolute atomic E-state index is 0.0630. The molecular weight excluding hydrogens is 244 g/mol. The Kier molecular flexibility index (Phi) is 5.75. The zero-order chi connectivity index (χ0) is 14.5. The van der Waals surface area contributed by atoms with Crippen LogP contribution in [0.2, 0.25) is 0 Å². The molecule has 0 aliphatic carbocycles. The molecule has 2 N–H and O–H groups in total. The molecule has 19 heavy (non-hydrogen) atoms. The quantitative estimate of drug-likeness (QED) is 0.691. The predicted molar refractivity (Wildman–Crippen MR) is 74.8 cm³/mol. The number of carbonyl (C=O) groups is 2. The highest BCUT2D eigenvalue weighted by atomic mass is 16.2. The first-order chi connectivity index (χ1) is 8.89. The van der Waals surface area contributed by atoms with Crippen molar-refractivity contribution >= 4 is 11.8 Å². The van der Waals surface area contributed by atoms with E-state index in [1.54, 1.807) is 11.9 Å². The highest BCUT2D eigenvalue weighted by Gasteiger charge is 2.35. The van der Waals surface area contributed by atoms with Crippen LogP contribution in [0, 0.1) is 0 Å². The summed E-state index contributed by atoms with van der Waals surface area (Å²) in [7, 11) is 1.73. The van der Waals surface area contributed by atoms with Crippen LogP contribution in [-0.2, 0) is 9.59 Å². The standard InChI is InChI=1S/C13H26N4O2/c1-5-16(4)11(18)10-15-12(19)13(2,3)17-8-6-14-7-9-17/h14H,5-10H2,1-4H3,(H,15,19). The van der Waals surface area contributed by atoms with Crippen molar-refractivity contribution in [3.63, 3.8) is 0 Å². The molecule has 6 heteroatoms. The molecule has 0 aromatic carbocycles. The van der Waals surface area contributed by atoms with Crippen molar-refractivity contribution in [3.05, 3.63) is 0 Å². The van der Waals surface area contributed by atoms with E-state index in [9.17, 15) is 9.59 Å². The van der Waals surface area contributed by atoms with Crippen molar-refractivity contribution < 1.29 is 9.59 Å². The van der Waals surface area contributed by atoms with Gasteiger partial charge in [0.1, 0.15) is 0 Å². The zero-order valence-electron chi connectivity index (χ0n) is 12.5. The van der Waals surface area contributed by atoms with Crippen LogP contribution in [0.3, 0.4) is 0 Å². The summed E-state index contributed by atoms with van der Waals surface area (Å²) in [6.07, 6.45) is 0. The number of hydrogen-bond donors (Lipinski definition) is 2. The molecule has 6 nitrogen and oxygen atoms in total. The van der Waals surface area contributed by atoms with Gasteiger partial charge in [-0.1, -0.05) is 0 Å². The van der Waals surface area contributed by atoms with E-state index >= 15 is 0 Å². The summed E-state index contributed by atoms with van der Waals surface area (Å²) in [5.41, 5.74) is -0.576. The molecule has 2 amide bonds. The zero-order valence-corrected chi connectivity index (χ0v) is 12.5. The van der Waals surface area contributed by atoms with Gasteiger partial charge in [-0.05, 0) is 20.8 Å². The summed E-state index contributed by atoms with van der Waals surface area (Å²) < 4.78 is 0. The van der Waals surface area contributed by atoms with Crippen molar-refractivity contribution in [1.29, 1.82) is 0 Å². The third-order valence-corrected chi connectivity index (χ3v) is 3.76. The summed E-state index contributed by atoms with van der Waals surface area (Å²) >= 11 is 0. The first-order valence-corrected chi connectivity index (χ1v) is 6.87. The van der Waals surface area contributed by atoms with Gasteiger partial charge in [-0.15, -0.1) is 0 Å². The molecule has 0 aromatic rings. The van der Waals surface area contributed by atoms with E-state index in [4.69, 9.17) is 0 Å². The molecule has 1 fully saturated rings. The lowest BCUT2D eigenvalue weighted by Gasteiger charge is -2.39. The van der Waals surface area contributed by atoms with Gasteiger partial charge in [0, 0.05) is 39.8 Å². The lowest BCUT2D eigenvalue weighted by molar-refractivity contribution is -0.136. The van der Waals surface area contributed by atoms with E-state index in [0.717, 1.165) is 26.2 Å². The van der Waals surface area contributed by atoms with Crippen molar-refractivity contribution in [2.75, 3.05) is 46.3 Å². The van der Waals surface area contributed by atoms with Gasteiger partial charge >= 0.3 is 0 Å². The Bertz CT molecular complexity index is 325. The lowest BCUT2D eigenvalue weighted by Crippen LogP contribution is -2.60. The molecule has 0 radical (unpaired) electrons. The Morgan fingerprint density at radius 1 is 1.32 bits per heavy atom. The lowest BCUT2D eigenvalue weighted by atomic mass is 10.0. The van der Waals surface area contributed by atoms with Crippen molar-refractivity contribution in [1.82, 2.24) is 20.4 Å². The van der Waals surface area contributed by atoms with Gasteiger partial charge in [-0.3, -0.25) is 14.5 Å². The van der Waals surface area contributed by atoms with Gasteiger partial charge in [0.2, 0.25) is 11.8 Å². The van der Waals surface area contributed by atoms with Gasteiger partial charge in [0.25, 0.3) is 0 Å². The Labute approximate surface area is 115 Å². The smallest absolute Gasteiger partial charge is 0.241 e. The number of nitrogens with one attached hydrogen (secondary N) is 2. The molecule has 0 bridgehead atoms. The largest absolute Gasteiger partial charge is 0.345 e. The number of carbonyl (C=O) groups excluding carboxylic acids is 2. The van der Waals surface area contributed by atoms with Crippen molar-refractivity contribution in [2.24, 2.45) is 0 Å². The molecule has 0 aromatic heterocycles. The summed E-state index contributed by atoms with van der Waals surface area (Å²) in [5, 5.41) is 6.01. The second-order valence-corrected chi connectivity index (χ2v) is 5.39. The Hall–Kier alpha value is -1.14. The summed E-state index contributed by atoms with van der Waals surface area (Å²) in [6.45, 7) is 9.93. The number of nitrogens with zero attached hydrogens (tertiary/aromatic N) is 2. The number of likely N-dealkylation sites (N-methyl/N-ethyl adjacent to an activating group) is 1. The second kappa shape index (κ2) is 6.86. The van der Waals surface area contributed by atoms with Crippen LogP contribution in [-0.4, -0.2) is 73.5 Å². The van der Waals surface area contributed by atoms with Crippen LogP contribution in [0.5, 0.6) is 0 Å². The maximum absolute atomic E-state index is 12.2. The van der Waals surface area contributed by atoms with E-state index in [1.807, 2.05) is 20.8 Å². The fourth-order valence-electron chi connectivity index (χ4n) is 2.05. The first kappa shape index (κ1) is 15.9. The third-order valence-electron chi connectivity index (χ3n) is 3.76. The molecule has 0 atom stereocenters. The van der Waals surface area contributed by atoms with Gasteiger partial charge in [-0.25, -0.2) is 0 Å². The second-order valence-electron chi connectivity index (χ2n) is 5.39. The van der Waals surface area contributed by atoms with E-state index in [-0.39, 0.29) is 18.4 Å². The van der Waals surface area contributed by atoms with Gasteiger partial charge in [-0.2, -0.15) is 0 Å². The van der Waals surface area contributed by atoms with Crippen molar-refractivity contribution in [2.45, 2.75) is 26.3 Å². The maximum atomic E-state index is 12.2. The molecule has 1 rings (SSSR count). The van der Waals surface area contributed by atoms with Crippen molar-refractivity contribution in [3.8, 4) is 0 Å². The summed E-state index contributed by atoms with van der Waals surface area (Å²) in [6, 6.07) is 0. The van der Waals surface area contributed by atoms with E-state index in [2.05, 4.69) is 15.5 Å². The Balaban J connectivity index is 2.49. The molecule has 0 spiro atoms. The Morgan fingerprint density at radius 2 is 1.89 bits per heavy atom. The number of hydrogen-bond acceptors (Lipinski definition) is 4. The van der Waals surface area contributed by atoms with E-state index in [1.165, 1.54) is 0 Å². The fourth-order valence-corrected chi connectivity index (χ4v) is 2.05. The van der Waals surface area contributed by atoms with Crippen LogP contribution in [0.4, 0.5) is 0 Å². The number of amides is 2. The number of rotatable bonds is 5. The topological polar surface area (TPSA) is 64.7 Å². The molecule has 110 valence electrons. The van der Waals surface area contributed by atoms with Gasteiger partial charge < -0.3 is 15.5 Å². The van der Waals surface area contributed by atoms with Gasteiger partial charge in [0.15, 0.2) is 0 Å². The number of piperazine rings is 1. The molecule has 1 aliphatic rings. The Morgan fingerprint density at radius 3 is 2.42 bits per heavy atom. The van der Waals surface area contributed by atoms with Gasteiger partial charge in [0.05, 0.1) is 12.1 Å². The van der Waals surface area contributed by atoms with E-state index in [0.29, 0.717) is 6.54 Å². The minimum Gasteiger partial charge on any atom is -0.345 e. The molecule has 0 saturated carbocycles. The van der Waals surface area contributed by atoms with E-state index < -0.39 is 5.54 Å². The minimum atomic E-state index is -0.576. The molecule has 0 unspecified atom stereocenters. The third kappa shape index (κ3) is 4.18. The maximum Gasteiger partial charge on any atom is 0.241 e. The molecule has 1 saturated heterocycles. The average Bonchev–Trinajstić information content (AvgIpc) is 2.44. The SMILES string of the molecule is CCN(C)C(=O)CNC(=O)C(C)(C)N1CCNCC1. The molecule has 1 aliphatic heterocycles. The van der Waals surface area contributed by atoms with Crippen LogP contribution < -0.4 is 10.6 Å². The average molecular weight is 270 g/mol. The van der Waals surface area contributed by atoms with Crippen LogP contribution in [0.25, 0.3) is 0 Å². The summed E-state index contributed by atoms with van der Waals surface area (Å²) in [4.78, 5) is 27.6. The highest BCUT2D eigenvalue weighted by Crippen LogP contribution is 2.15. The summed E-state index contributed by atoms with van der Waals surface area (Å²) in [5.74, 6) is -0.154. The van der Waals surface area contributed by atoms with Crippen LogP contribution in [0.1, 0.15) is 20.8 Å². The monoisotopic (exact) mass is 270 g/mol. The first-order valence-electron chi connectivity index (χ1n) is 6.87. The van der Waals surface area contributed by atoms with Crippen LogP contribution in [0.15, 0.2) is 0 Å². The fraction of sp³-hybridized carbons (Fsp3) is 0.846. The van der Waals surface area contributed by atoms with Crippen LogP contribution >= 0.6 is 0 Å². The normalized spacial score (nSPS) is 17.1. The predicted octanol–water partition coefficient (Wildman–Crippen LogP) is -0.735. The molecular formula is C13H26N4O2. The molecule has 1 heterocycles. The highest BCUT2D eigenvalue weighted by molar-refractivity contribution is 5.89.